The fraction of sp³-hybridized carbons (Fsp3) is 0.133. The Labute approximate surface area is 118 Å². The van der Waals surface area contributed by atoms with Crippen molar-refractivity contribution in [3.8, 4) is 6.07 Å². The zero-order chi connectivity index (χ0) is 14.8. The Morgan fingerprint density at radius 2 is 1.75 bits per heavy atom. The van der Waals surface area contributed by atoms with Gasteiger partial charge in [-0.05, 0) is 37.3 Å². The van der Waals surface area contributed by atoms with Gasteiger partial charge in [0, 0.05) is 7.05 Å². The van der Waals surface area contributed by atoms with Crippen molar-refractivity contribution in [3.63, 3.8) is 0 Å². The molecule has 0 saturated heterocycles. The molecule has 0 aromatic heterocycles. The highest BCUT2D eigenvalue weighted by Crippen LogP contribution is 2.22. The minimum absolute atomic E-state index is 0.230. The largest absolute Gasteiger partial charge is 0.269 e. The van der Waals surface area contributed by atoms with Crippen LogP contribution in [-0.2, 0) is 10.0 Å². The minimum Gasteiger partial charge on any atom is -0.269 e. The van der Waals surface area contributed by atoms with Gasteiger partial charge in [0.15, 0.2) is 0 Å². The van der Waals surface area contributed by atoms with Gasteiger partial charge < -0.3 is 0 Å². The first-order valence-electron chi connectivity index (χ1n) is 6.01. The van der Waals surface area contributed by atoms with Crippen LogP contribution >= 0.6 is 0 Å². The number of hydrogen-bond acceptors (Lipinski definition) is 3. The average Bonchev–Trinajstić information content (AvgIpc) is 2.47. The normalized spacial score (nSPS) is 10.8. The van der Waals surface area contributed by atoms with E-state index in [4.69, 9.17) is 5.26 Å². The quantitative estimate of drug-likeness (QED) is 0.871. The molecular formula is C15H14N2O2S. The van der Waals surface area contributed by atoms with Crippen LogP contribution in [0.1, 0.15) is 11.1 Å². The summed E-state index contributed by atoms with van der Waals surface area (Å²) in [7, 11) is -2.13. The maximum Gasteiger partial charge on any atom is 0.264 e. The Hall–Kier alpha value is -2.32. The first-order valence-corrected chi connectivity index (χ1v) is 7.45. The molecule has 0 spiro atoms. The number of benzene rings is 2. The lowest BCUT2D eigenvalue weighted by atomic mass is 10.2. The van der Waals surface area contributed by atoms with Crippen molar-refractivity contribution in [1.29, 1.82) is 5.26 Å². The first-order chi connectivity index (χ1) is 9.45. The molecule has 0 aliphatic rings. The molecule has 102 valence electrons. The Balaban J connectivity index is 2.43. The number of aryl methyl sites for hydroxylation is 1. The molecule has 0 aliphatic heterocycles. The van der Waals surface area contributed by atoms with E-state index in [2.05, 4.69) is 0 Å². The van der Waals surface area contributed by atoms with E-state index in [1.54, 1.807) is 48.5 Å². The molecule has 20 heavy (non-hydrogen) atoms. The van der Waals surface area contributed by atoms with Crippen molar-refractivity contribution in [2.45, 2.75) is 11.8 Å². The number of hydrogen-bond donors (Lipinski definition) is 0. The molecular weight excluding hydrogens is 272 g/mol. The average molecular weight is 286 g/mol. The summed E-state index contributed by atoms with van der Waals surface area (Å²) in [5.74, 6) is 0. The second-order valence-electron chi connectivity index (χ2n) is 4.45. The second-order valence-corrected chi connectivity index (χ2v) is 6.42. The van der Waals surface area contributed by atoms with Crippen molar-refractivity contribution in [3.05, 3.63) is 59.7 Å². The van der Waals surface area contributed by atoms with Crippen LogP contribution in [0, 0.1) is 18.3 Å². The maximum absolute atomic E-state index is 12.5. The van der Waals surface area contributed by atoms with Crippen molar-refractivity contribution in [2.75, 3.05) is 11.4 Å². The smallest absolute Gasteiger partial charge is 0.264 e. The number of nitrogens with zero attached hydrogens (tertiary/aromatic N) is 2. The zero-order valence-electron chi connectivity index (χ0n) is 11.2. The summed E-state index contributed by atoms with van der Waals surface area (Å²) in [5.41, 5.74) is 1.89. The molecule has 0 saturated carbocycles. The van der Waals surface area contributed by atoms with Gasteiger partial charge in [-0.25, -0.2) is 8.42 Å². The summed E-state index contributed by atoms with van der Waals surface area (Å²) in [5, 5.41) is 8.88. The Morgan fingerprint density at radius 1 is 1.10 bits per heavy atom. The number of nitriles is 1. The molecule has 0 aliphatic carbocycles. The van der Waals surface area contributed by atoms with Gasteiger partial charge in [0.2, 0.25) is 0 Å². The summed E-state index contributed by atoms with van der Waals surface area (Å²) in [6.45, 7) is 1.90. The van der Waals surface area contributed by atoms with E-state index in [0.29, 0.717) is 11.3 Å². The maximum atomic E-state index is 12.5. The van der Waals surface area contributed by atoms with Gasteiger partial charge >= 0.3 is 0 Å². The van der Waals surface area contributed by atoms with Gasteiger partial charge in [-0.3, -0.25) is 4.31 Å². The predicted molar refractivity (Wildman–Crippen MR) is 77.9 cm³/mol. The highest BCUT2D eigenvalue weighted by Gasteiger charge is 2.21. The van der Waals surface area contributed by atoms with Crippen LogP contribution in [0.2, 0.25) is 0 Å². The molecule has 0 N–H and O–H groups in total. The van der Waals surface area contributed by atoms with Crippen LogP contribution in [0.4, 0.5) is 5.69 Å². The molecule has 0 amide bonds. The van der Waals surface area contributed by atoms with Crippen LogP contribution in [-0.4, -0.2) is 15.5 Å². The predicted octanol–water partition coefficient (Wildman–Crippen LogP) is 2.69. The second kappa shape index (κ2) is 5.35. The van der Waals surface area contributed by atoms with Gasteiger partial charge in [0.05, 0.1) is 22.2 Å². The number of anilines is 1. The third-order valence-electron chi connectivity index (χ3n) is 3.02. The van der Waals surface area contributed by atoms with Crippen molar-refractivity contribution >= 4 is 15.7 Å². The first kappa shape index (κ1) is 14.1. The van der Waals surface area contributed by atoms with Crippen LogP contribution in [0.25, 0.3) is 0 Å². The minimum atomic E-state index is -3.61. The molecule has 2 aromatic rings. The van der Waals surface area contributed by atoms with E-state index < -0.39 is 10.0 Å². The van der Waals surface area contributed by atoms with Crippen LogP contribution in [0.3, 0.4) is 0 Å². The third kappa shape index (κ3) is 2.65. The molecule has 5 heteroatoms. The fourth-order valence-corrected chi connectivity index (χ4v) is 2.97. The van der Waals surface area contributed by atoms with E-state index >= 15 is 0 Å². The molecule has 0 bridgehead atoms. The molecule has 4 nitrogen and oxygen atoms in total. The van der Waals surface area contributed by atoms with Gasteiger partial charge in [-0.15, -0.1) is 0 Å². The van der Waals surface area contributed by atoms with Crippen molar-refractivity contribution < 1.29 is 8.42 Å². The van der Waals surface area contributed by atoms with E-state index in [9.17, 15) is 8.42 Å². The van der Waals surface area contributed by atoms with Crippen LogP contribution in [0.15, 0.2) is 53.4 Å². The fourth-order valence-electron chi connectivity index (χ4n) is 1.78. The molecule has 0 radical (unpaired) electrons. The standard InChI is InChI=1S/C15H14N2O2S/c1-12-6-8-15(9-7-12)20(18,19)17(2)14-5-3-4-13(10-14)11-16/h3-10H,1-2H3. The van der Waals surface area contributed by atoms with E-state index in [1.165, 1.54) is 11.4 Å². The third-order valence-corrected chi connectivity index (χ3v) is 4.82. The molecule has 0 heterocycles. The van der Waals surface area contributed by atoms with Gasteiger partial charge in [0.25, 0.3) is 10.0 Å². The van der Waals surface area contributed by atoms with E-state index in [1.807, 2.05) is 13.0 Å². The Bertz CT molecular complexity index is 759. The van der Waals surface area contributed by atoms with Gasteiger partial charge in [-0.2, -0.15) is 5.26 Å². The lowest BCUT2D eigenvalue weighted by Crippen LogP contribution is -2.26. The van der Waals surface area contributed by atoms with Gasteiger partial charge in [0.1, 0.15) is 0 Å². The lowest BCUT2D eigenvalue weighted by molar-refractivity contribution is 0.594. The summed E-state index contributed by atoms with van der Waals surface area (Å²) in [4.78, 5) is 0.230. The Kier molecular flexibility index (Phi) is 3.77. The highest BCUT2D eigenvalue weighted by atomic mass is 32.2. The molecule has 2 aromatic carbocycles. The van der Waals surface area contributed by atoms with Crippen LogP contribution < -0.4 is 4.31 Å². The summed E-state index contributed by atoms with van der Waals surface area (Å²) >= 11 is 0. The van der Waals surface area contributed by atoms with E-state index in [0.717, 1.165) is 5.56 Å². The summed E-state index contributed by atoms with van der Waals surface area (Å²) < 4.78 is 26.2. The highest BCUT2D eigenvalue weighted by molar-refractivity contribution is 7.92. The van der Waals surface area contributed by atoms with E-state index in [-0.39, 0.29) is 4.90 Å². The lowest BCUT2D eigenvalue weighted by Gasteiger charge is -2.19. The Morgan fingerprint density at radius 3 is 2.35 bits per heavy atom. The molecule has 2 rings (SSSR count). The van der Waals surface area contributed by atoms with Crippen LogP contribution in [0.5, 0.6) is 0 Å². The van der Waals surface area contributed by atoms with Crippen molar-refractivity contribution in [2.24, 2.45) is 0 Å². The number of sulfonamides is 1. The summed E-state index contributed by atoms with van der Waals surface area (Å²) in [6, 6.07) is 15.2. The number of rotatable bonds is 3. The summed E-state index contributed by atoms with van der Waals surface area (Å²) in [6.07, 6.45) is 0. The molecule has 0 fully saturated rings. The van der Waals surface area contributed by atoms with Gasteiger partial charge in [-0.1, -0.05) is 23.8 Å². The van der Waals surface area contributed by atoms with Crippen molar-refractivity contribution in [1.82, 2.24) is 0 Å². The SMILES string of the molecule is Cc1ccc(S(=O)(=O)N(C)c2cccc(C#N)c2)cc1. The zero-order valence-corrected chi connectivity index (χ0v) is 12.1. The topological polar surface area (TPSA) is 61.2 Å². The molecule has 0 unspecified atom stereocenters. The molecule has 0 atom stereocenters. The monoisotopic (exact) mass is 286 g/mol.